The van der Waals surface area contributed by atoms with E-state index < -0.39 is 11.7 Å². The van der Waals surface area contributed by atoms with Crippen LogP contribution in [0.25, 0.3) is 0 Å². The van der Waals surface area contributed by atoms with Crippen molar-refractivity contribution in [2.75, 3.05) is 11.9 Å². The van der Waals surface area contributed by atoms with E-state index in [1.165, 1.54) is 6.07 Å². The Morgan fingerprint density at radius 1 is 1.19 bits per heavy atom. The molecule has 0 spiro atoms. The fourth-order valence-corrected chi connectivity index (χ4v) is 1.66. The molecule has 0 radical (unpaired) electrons. The minimum Gasteiger partial charge on any atom is -0.407 e. The van der Waals surface area contributed by atoms with Gasteiger partial charge >= 0.3 is 12.2 Å². The smallest absolute Gasteiger partial charge is 0.407 e. The first-order valence-corrected chi connectivity index (χ1v) is 6.42. The zero-order valence-corrected chi connectivity index (χ0v) is 11.4. The molecule has 0 saturated heterocycles. The molecular formula is C13H15F3N4O. The van der Waals surface area contributed by atoms with Gasteiger partial charge in [0.05, 0.1) is 12.1 Å². The van der Waals surface area contributed by atoms with Gasteiger partial charge in [-0.25, -0.2) is 0 Å². The van der Waals surface area contributed by atoms with Crippen LogP contribution >= 0.6 is 0 Å². The molecule has 0 bridgehead atoms. The lowest BCUT2D eigenvalue weighted by molar-refractivity contribution is -0.137. The molecule has 1 aromatic carbocycles. The van der Waals surface area contributed by atoms with Crippen LogP contribution in [0.2, 0.25) is 0 Å². The highest BCUT2D eigenvalue weighted by Crippen LogP contribution is 2.29. The highest BCUT2D eigenvalue weighted by Gasteiger charge is 2.30. The van der Waals surface area contributed by atoms with Crippen LogP contribution in [-0.2, 0) is 19.3 Å². The number of hydrogen-bond acceptors (Lipinski definition) is 5. The van der Waals surface area contributed by atoms with Crippen molar-refractivity contribution in [2.24, 2.45) is 0 Å². The average molecular weight is 300 g/mol. The molecule has 114 valence electrons. The average Bonchev–Trinajstić information content (AvgIpc) is 2.90. The summed E-state index contributed by atoms with van der Waals surface area (Å²) in [6.07, 6.45) is -4.35. The van der Waals surface area contributed by atoms with E-state index in [1.54, 1.807) is 6.07 Å². The summed E-state index contributed by atoms with van der Waals surface area (Å²) in [7, 11) is 0. The summed E-state index contributed by atoms with van der Waals surface area (Å²) in [6.45, 7) is 3.35. The first-order valence-electron chi connectivity index (χ1n) is 6.42. The maximum atomic E-state index is 12.6. The van der Waals surface area contributed by atoms with Crippen molar-refractivity contribution in [3.05, 3.63) is 41.3 Å². The zero-order chi connectivity index (χ0) is 15.3. The van der Waals surface area contributed by atoms with Crippen molar-refractivity contribution >= 4 is 6.01 Å². The maximum absolute atomic E-state index is 12.6. The molecule has 0 aliphatic carbocycles. The normalized spacial score (nSPS) is 11.6. The molecule has 0 aliphatic heterocycles. The van der Waals surface area contributed by atoms with Gasteiger partial charge in [0, 0.05) is 6.54 Å². The monoisotopic (exact) mass is 300 g/mol. The number of rotatable bonds is 6. The summed E-state index contributed by atoms with van der Waals surface area (Å²) < 4.78 is 43.0. The lowest BCUT2D eigenvalue weighted by atomic mass is 10.1. The summed E-state index contributed by atoms with van der Waals surface area (Å²) in [5, 5.41) is 13.4. The Hall–Kier alpha value is -2.09. The van der Waals surface area contributed by atoms with Crippen molar-refractivity contribution in [1.29, 1.82) is 0 Å². The number of halogens is 3. The topological polar surface area (TPSA) is 63.0 Å². The molecule has 0 unspecified atom stereocenters. The van der Waals surface area contributed by atoms with Crippen LogP contribution < -0.4 is 10.6 Å². The van der Waals surface area contributed by atoms with Gasteiger partial charge in [-0.15, -0.1) is 5.10 Å². The molecular weight excluding hydrogens is 285 g/mol. The Morgan fingerprint density at radius 3 is 2.71 bits per heavy atom. The van der Waals surface area contributed by atoms with Crippen molar-refractivity contribution in [3.8, 4) is 0 Å². The summed E-state index contributed by atoms with van der Waals surface area (Å²) >= 11 is 0. The van der Waals surface area contributed by atoms with Gasteiger partial charge in [0.1, 0.15) is 0 Å². The predicted octanol–water partition coefficient (Wildman–Crippen LogP) is 2.81. The van der Waals surface area contributed by atoms with Crippen molar-refractivity contribution in [1.82, 2.24) is 15.5 Å². The molecule has 1 aromatic heterocycles. The molecule has 0 aliphatic rings. The molecule has 2 aromatic rings. The third kappa shape index (κ3) is 4.45. The largest absolute Gasteiger partial charge is 0.416 e. The van der Waals surface area contributed by atoms with Gasteiger partial charge in [-0.2, -0.15) is 13.2 Å². The van der Waals surface area contributed by atoms with Gasteiger partial charge < -0.3 is 15.1 Å². The van der Waals surface area contributed by atoms with E-state index in [0.29, 0.717) is 18.0 Å². The maximum Gasteiger partial charge on any atom is 0.416 e. The molecule has 8 heteroatoms. The van der Waals surface area contributed by atoms with Crippen molar-refractivity contribution < 1.29 is 17.6 Å². The van der Waals surface area contributed by atoms with E-state index in [-0.39, 0.29) is 12.6 Å². The van der Waals surface area contributed by atoms with Crippen LogP contribution in [-0.4, -0.2) is 16.7 Å². The minimum atomic E-state index is -4.35. The summed E-state index contributed by atoms with van der Waals surface area (Å²) in [4.78, 5) is 0. The molecule has 5 nitrogen and oxygen atoms in total. The number of anilines is 1. The van der Waals surface area contributed by atoms with Crippen LogP contribution in [0.3, 0.4) is 0 Å². The number of nitrogens with zero attached hydrogens (tertiary/aromatic N) is 2. The first kappa shape index (κ1) is 15.3. The lowest BCUT2D eigenvalue weighted by Crippen LogP contribution is -2.11. The Labute approximate surface area is 119 Å². The molecule has 2 rings (SSSR count). The quantitative estimate of drug-likeness (QED) is 0.859. The van der Waals surface area contributed by atoms with Gasteiger partial charge in [-0.05, 0) is 24.2 Å². The van der Waals surface area contributed by atoms with Crippen molar-refractivity contribution in [2.45, 2.75) is 26.2 Å². The number of nitrogens with one attached hydrogen (secondary N) is 2. The standard InChI is InChI=1S/C13H15F3N4O/c1-2-17-8-11-19-20-12(21-11)18-7-9-4-3-5-10(6-9)13(14,15)16/h3-6,17H,2,7-8H2,1H3,(H,18,20). The second-order valence-electron chi connectivity index (χ2n) is 4.33. The van der Waals surface area contributed by atoms with E-state index in [9.17, 15) is 13.2 Å². The fourth-order valence-electron chi connectivity index (χ4n) is 1.66. The van der Waals surface area contributed by atoms with Crippen LogP contribution in [0.5, 0.6) is 0 Å². The second-order valence-corrected chi connectivity index (χ2v) is 4.33. The number of benzene rings is 1. The molecule has 21 heavy (non-hydrogen) atoms. The van der Waals surface area contributed by atoms with E-state index in [1.807, 2.05) is 6.92 Å². The van der Waals surface area contributed by atoms with E-state index in [0.717, 1.165) is 18.7 Å². The van der Waals surface area contributed by atoms with E-state index in [2.05, 4.69) is 20.8 Å². The van der Waals surface area contributed by atoms with Gasteiger partial charge in [0.2, 0.25) is 5.89 Å². The molecule has 0 amide bonds. The number of aromatic nitrogens is 2. The highest BCUT2D eigenvalue weighted by molar-refractivity contribution is 5.29. The van der Waals surface area contributed by atoms with E-state index >= 15 is 0 Å². The first-order chi connectivity index (χ1) is 9.99. The number of alkyl halides is 3. The Balaban J connectivity index is 1.95. The van der Waals surface area contributed by atoms with Crippen LogP contribution in [0, 0.1) is 0 Å². The fraction of sp³-hybridized carbons (Fsp3) is 0.385. The summed E-state index contributed by atoms with van der Waals surface area (Å²) in [6, 6.07) is 5.26. The molecule has 0 atom stereocenters. The van der Waals surface area contributed by atoms with Crippen LogP contribution in [0.1, 0.15) is 23.9 Å². The van der Waals surface area contributed by atoms with Crippen LogP contribution in [0.15, 0.2) is 28.7 Å². The molecule has 0 fully saturated rings. The number of hydrogen-bond donors (Lipinski definition) is 2. The third-order valence-electron chi connectivity index (χ3n) is 2.69. The zero-order valence-electron chi connectivity index (χ0n) is 11.4. The molecule has 0 saturated carbocycles. The third-order valence-corrected chi connectivity index (χ3v) is 2.69. The minimum absolute atomic E-state index is 0.173. The second kappa shape index (κ2) is 6.57. The molecule has 1 heterocycles. The Morgan fingerprint density at radius 2 is 2.00 bits per heavy atom. The summed E-state index contributed by atoms with van der Waals surface area (Å²) in [5.41, 5.74) is -0.198. The molecule has 2 N–H and O–H groups in total. The van der Waals surface area contributed by atoms with E-state index in [4.69, 9.17) is 4.42 Å². The van der Waals surface area contributed by atoms with Crippen molar-refractivity contribution in [3.63, 3.8) is 0 Å². The highest BCUT2D eigenvalue weighted by atomic mass is 19.4. The predicted molar refractivity (Wildman–Crippen MR) is 70.4 cm³/mol. The van der Waals surface area contributed by atoms with Gasteiger partial charge in [0.15, 0.2) is 0 Å². The van der Waals surface area contributed by atoms with Gasteiger partial charge in [-0.1, -0.05) is 24.2 Å². The summed E-state index contributed by atoms with van der Waals surface area (Å²) in [5.74, 6) is 0.420. The SMILES string of the molecule is CCNCc1nnc(NCc2cccc(C(F)(F)F)c2)o1. The Kier molecular flexibility index (Phi) is 4.79. The lowest BCUT2D eigenvalue weighted by Gasteiger charge is -2.08. The van der Waals surface area contributed by atoms with Gasteiger partial charge in [0.25, 0.3) is 0 Å². The van der Waals surface area contributed by atoms with Crippen LogP contribution in [0.4, 0.5) is 19.2 Å². The Bertz CT molecular complexity index is 583. The van der Waals surface area contributed by atoms with Gasteiger partial charge in [-0.3, -0.25) is 0 Å².